The first kappa shape index (κ1) is 20.6. The van der Waals surface area contributed by atoms with Gasteiger partial charge in [-0.25, -0.2) is 12.7 Å². The van der Waals surface area contributed by atoms with Gasteiger partial charge in [-0.3, -0.25) is 9.69 Å². The molecule has 0 bridgehead atoms. The summed E-state index contributed by atoms with van der Waals surface area (Å²) in [6.07, 6.45) is 3.09. The summed E-state index contributed by atoms with van der Waals surface area (Å²) in [5.74, 6) is 0.642. The van der Waals surface area contributed by atoms with E-state index in [0.717, 1.165) is 43.9 Å². The standard InChI is InChI=1S/C19H29N3O3S2/c1-3-19(9-10-22(16-19)27(2,24)25)21-13-11-20(12-14-21)18(23)15-26-17-7-5-4-6-8-17/h4-8H,3,9-16H2,1-2H3/t19-/m0/s1. The van der Waals surface area contributed by atoms with Crippen molar-refractivity contribution in [3.05, 3.63) is 30.3 Å². The van der Waals surface area contributed by atoms with Crippen LogP contribution < -0.4 is 0 Å². The highest BCUT2D eigenvalue weighted by atomic mass is 32.2. The van der Waals surface area contributed by atoms with Gasteiger partial charge in [0.05, 0.1) is 12.0 Å². The Hall–Kier alpha value is -1.09. The number of carbonyl (C=O) groups excluding carboxylic acids is 1. The Morgan fingerprint density at radius 2 is 1.78 bits per heavy atom. The van der Waals surface area contributed by atoms with Crippen molar-refractivity contribution < 1.29 is 13.2 Å². The minimum absolute atomic E-state index is 0.0863. The summed E-state index contributed by atoms with van der Waals surface area (Å²) in [5, 5.41) is 0. The number of carbonyl (C=O) groups is 1. The number of piperazine rings is 1. The van der Waals surface area contributed by atoms with E-state index in [1.807, 2.05) is 35.2 Å². The van der Waals surface area contributed by atoms with Crippen molar-refractivity contribution in [1.29, 1.82) is 0 Å². The van der Waals surface area contributed by atoms with Gasteiger partial charge in [0.1, 0.15) is 0 Å². The smallest absolute Gasteiger partial charge is 0.233 e. The second-order valence-electron chi connectivity index (χ2n) is 7.39. The molecule has 8 heteroatoms. The fourth-order valence-electron chi connectivity index (χ4n) is 4.06. The van der Waals surface area contributed by atoms with Crippen LogP contribution in [0.25, 0.3) is 0 Å². The summed E-state index contributed by atoms with van der Waals surface area (Å²) in [6, 6.07) is 9.99. The first-order valence-corrected chi connectivity index (χ1v) is 12.3. The third-order valence-corrected chi connectivity index (χ3v) is 8.08. The Morgan fingerprint density at radius 3 is 2.33 bits per heavy atom. The fourth-order valence-corrected chi connectivity index (χ4v) is 5.78. The van der Waals surface area contributed by atoms with E-state index in [0.29, 0.717) is 18.8 Å². The monoisotopic (exact) mass is 411 g/mol. The molecule has 1 atom stereocenters. The highest BCUT2D eigenvalue weighted by Gasteiger charge is 2.45. The Bertz CT molecular complexity index is 749. The fraction of sp³-hybridized carbons (Fsp3) is 0.632. The predicted octanol–water partition coefficient (Wildman–Crippen LogP) is 1.74. The van der Waals surface area contributed by atoms with E-state index in [4.69, 9.17) is 0 Å². The van der Waals surface area contributed by atoms with Crippen LogP contribution in [0, 0.1) is 0 Å². The summed E-state index contributed by atoms with van der Waals surface area (Å²) in [4.78, 5) is 18.0. The molecule has 0 radical (unpaired) electrons. The lowest BCUT2D eigenvalue weighted by atomic mass is 9.92. The average molecular weight is 412 g/mol. The number of sulfonamides is 1. The molecule has 2 fully saturated rings. The van der Waals surface area contributed by atoms with E-state index in [-0.39, 0.29) is 11.4 Å². The van der Waals surface area contributed by atoms with E-state index >= 15 is 0 Å². The van der Waals surface area contributed by atoms with Crippen LogP contribution in [0.4, 0.5) is 0 Å². The van der Waals surface area contributed by atoms with Crippen molar-refractivity contribution in [1.82, 2.24) is 14.1 Å². The lowest BCUT2D eigenvalue weighted by Gasteiger charge is -2.45. The van der Waals surface area contributed by atoms with Crippen molar-refractivity contribution in [2.75, 3.05) is 51.3 Å². The summed E-state index contributed by atoms with van der Waals surface area (Å²) >= 11 is 1.58. The molecular weight excluding hydrogens is 382 g/mol. The Balaban J connectivity index is 1.52. The summed E-state index contributed by atoms with van der Waals surface area (Å²) in [7, 11) is -3.14. The second-order valence-corrected chi connectivity index (χ2v) is 10.4. The van der Waals surface area contributed by atoms with E-state index in [9.17, 15) is 13.2 Å². The zero-order valence-corrected chi connectivity index (χ0v) is 17.8. The molecule has 2 aliphatic rings. The number of thioether (sulfide) groups is 1. The van der Waals surface area contributed by atoms with Gasteiger partial charge in [-0.1, -0.05) is 25.1 Å². The van der Waals surface area contributed by atoms with Crippen LogP contribution in [0.2, 0.25) is 0 Å². The number of amides is 1. The highest BCUT2D eigenvalue weighted by Crippen LogP contribution is 2.33. The maximum absolute atomic E-state index is 12.5. The molecule has 0 unspecified atom stereocenters. The highest BCUT2D eigenvalue weighted by molar-refractivity contribution is 8.00. The molecule has 0 aromatic heterocycles. The topological polar surface area (TPSA) is 60.9 Å². The molecule has 0 aliphatic carbocycles. The van der Waals surface area contributed by atoms with Gasteiger partial charge in [-0.05, 0) is 25.0 Å². The Kier molecular flexibility index (Phi) is 6.50. The molecule has 2 heterocycles. The minimum atomic E-state index is -3.14. The van der Waals surface area contributed by atoms with Crippen molar-refractivity contribution in [2.24, 2.45) is 0 Å². The predicted molar refractivity (Wildman–Crippen MR) is 109 cm³/mol. The molecule has 0 spiro atoms. The summed E-state index contributed by atoms with van der Waals surface area (Å²) in [6.45, 7) is 6.36. The zero-order chi connectivity index (χ0) is 19.5. The number of hydrogen-bond acceptors (Lipinski definition) is 5. The molecule has 150 valence electrons. The Labute approximate surface area is 166 Å². The molecule has 27 heavy (non-hydrogen) atoms. The van der Waals surface area contributed by atoms with Gasteiger partial charge in [0.2, 0.25) is 15.9 Å². The van der Waals surface area contributed by atoms with Gasteiger partial charge < -0.3 is 4.90 Å². The van der Waals surface area contributed by atoms with Crippen LogP contribution in [0.3, 0.4) is 0 Å². The molecule has 1 amide bonds. The number of hydrogen-bond donors (Lipinski definition) is 0. The van der Waals surface area contributed by atoms with Gasteiger partial charge in [0.15, 0.2) is 0 Å². The van der Waals surface area contributed by atoms with Crippen molar-refractivity contribution in [3.63, 3.8) is 0 Å². The van der Waals surface area contributed by atoms with Crippen molar-refractivity contribution >= 4 is 27.7 Å². The van der Waals surface area contributed by atoms with Gasteiger partial charge in [0, 0.05) is 49.7 Å². The minimum Gasteiger partial charge on any atom is -0.339 e. The van der Waals surface area contributed by atoms with Gasteiger partial charge in [-0.2, -0.15) is 0 Å². The second kappa shape index (κ2) is 8.51. The van der Waals surface area contributed by atoms with Crippen LogP contribution in [0.5, 0.6) is 0 Å². The number of benzene rings is 1. The summed E-state index contributed by atoms with van der Waals surface area (Å²) < 4.78 is 25.4. The van der Waals surface area contributed by atoms with Crippen molar-refractivity contribution in [2.45, 2.75) is 30.2 Å². The van der Waals surface area contributed by atoms with Gasteiger partial charge in [0.25, 0.3) is 0 Å². The zero-order valence-electron chi connectivity index (χ0n) is 16.1. The Morgan fingerprint density at radius 1 is 1.11 bits per heavy atom. The molecule has 2 saturated heterocycles. The molecule has 1 aromatic carbocycles. The number of nitrogens with zero attached hydrogens (tertiary/aromatic N) is 3. The summed E-state index contributed by atoms with van der Waals surface area (Å²) in [5.41, 5.74) is -0.0863. The average Bonchev–Trinajstić information content (AvgIpc) is 3.13. The number of rotatable bonds is 6. The van der Waals surface area contributed by atoms with Crippen LogP contribution >= 0.6 is 11.8 Å². The molecule has 1 aromatic rings. The lowest BCUT2D eigenvalue weighted by Crippen LogP contribution is -2.59. The van der Waals surface area contributed by atoms with E-state index in [1.165, 1.54) is 6.26 Å². The third kappa shape index (κ3) is 4.85. The van der Waals surface area contributed by atoms with Crippen molar-refractivity contribution in [3.8, 4) is 0 Å². The SMILES string of the molecule is CC[C@]1(N2CCN(C(=O)CSc3ccccc3)CC2)CCN(S(C)(=O)=O)C1. The van der Waals surface area contributed by atoms with Crippen LogP contribution in [-0.4, -0.2) is 85.2 Å². The van der Waals surface area contributed by atoms with Gasteiger partial charge >= 0.3 is 0 Å². The van der Waals surface area contributed by atoms with Crippen LogP contribution in [0.15, 0.2) is 35.2 Å². The first-order chi connectivity index (χ1) is 12.8. The third-order valence-electron chi connectivity index (χ3n) is 5.83. The maximum atomic E-state index is 12.5. The molecule has 3 rings (SSSR count). The van der Waals surface area contributed by atoms with E-state index in [1.54, 1.807) is 16.1 Å². The molecule has 0 N–H and O–H groups in total. The first-order valence-electron chi connectivity index (χ1n) is 9.50. The largest absolute Gasteiger partial charge is 0.339 e. The normalized spacial score (nSPS) is 25.0. The maximum Gasteiger partial charge on any atom is 0.233 e. The van der Waals surface area contributed by atoms with Crippen LogP contribution in [-0.2, 0) is 14.8 Å². The van der Waals surface area contributed by atoms with Gasteiger partial charge in [-0.15, -0.1) is 11.8 Å². The quantitative estimate of drug-likeness (QED) is 0.668. The van der Waals surface area contributed by atoms with E-state index < -0.39 is 10.0 Å². The molecule has 0 saturated carbocycles. The molecule has 2 aliphatic heterocycles. The lowest BCUT2D eigenvalue weighted by molar-refractivity contribution is -0.131. The van der Waals surface area contributed by atoms with E-state index in [2.05, 4.69) is 11.8 Å². The molecule has 6 nitrogen and oxygen atoms in total. The molecular formula is C19H29N3O3S2. The van der Waals surface area contributed by atoms with Crippen LogP contribution in [0.1, 0.15) is 19.8 Å².